The molecule has 0 atom stereocenters. The molecule has 2 saturated carbocycles. The molecule has 5 rings (SSSR count). The summed E-state index contributed by atoms with van der Waals surface area (Å²) in [5.41, 5.74) is 1.48. The molecule has 0 unspecified atom stereocenters. The van der Waals surface area contributed by atoms with Crippen LogP contribution in [0, 0.1) is 13.8 Å². The molecule has 0 bridgehead atoms. The molecule has 8 heteroatoms. The molecule has 0 saturated heterocycles. The largest absolute Gasteiger partial charge is 0.352 e. The SMILES string of the molecule is Cc1sc2nc(C3CC3)n3c(=O)n(CC(=O)NC4CC4)nc3c2c1C. The van der Waals surface area contributed by atoms with Gasteiger partial charge >= 0.3 is 5.69 Å². The molecular formula is C17H19N5O2S. The van der Waals surface area contributed by atoms with Gasteiger partial charge in [0.25, 0.3) is 0 Å². The molecule has 1 N–H and O–H groups in total. The van der Waals surface area contributed by atoms with Gasteiger partial charge in [-0.1, -0.05) is 0 Å². The highest BCUT2D eigenvalue weighted by atomic mass is 32.1. The Hall–Kier alpha value is -2.22. The van der Waals surface area contributed by atoms with Crippen molar-refractivity contribution in [3.05, 3.63) is 26.7 Å². The molecule has 0 spiro atoms. The number of carbonyl (C=O) groups is 1. The molecule has 2 aliphatic carbocycles. The third-order valence-corrected chi connectivity index (χ3v) is 6.15. The van der Waals surface area contributed by atoms with Gasteiger partial charge in [0.15, 0.2) is 5.65 Å². The second kappa shape index (κ2) is 5.14. The van der Waals surface area contributed by atoms with Crippen LogP contribution in [0.3, 0.4) is 0 Å². The van der Waals surface area contributed by atoms with Crippen LogP contribution in [0.4, 0.5) is 0 Å². The summed E-state index contributed by atoms with van der Waals surface area (Å²) in [7, 11) is 0. The van der Waals surface area contributed by atoms with Gasteiger partial charge in [0, 0.05) is 16.8 Å². The molecule has 3 heterocycles. The molecule has 130 valence electrons. The molecule has 2 aliphatic rings. The Bertz CT molecular complexity index is 1080. The number of amides is 1. The Morgan fingerprint density at radius 2 is 2.04 bits per heavy atom. The molecule has 0 aliphatic heterocycles. The van der Waals surface area contributed by atoms with Crippen LogP contribution in [0.15, 0.2) is 4.79 Å². The van der Waals surface area contributed by atoms with E-state index in [4.69, 9.17) is 4.98 Å². The van der Waals surface area contributed by atoms with Gasteiger partial charge in [0.2, 0.25) is 5.91 Å². The van der Waals surface area contributed by atoms with Gasteiger partial charge in [-0.2, -0.15) is 0 Å². The van der Waals surface area contributed by atoms with Crippen molar-refractivity contribution in [3.8, 4) is 0 Å². The molecule has 7 nitrogen and oxygen atoms in total. The van der Waals surface area contributed by atoms with Gasteiger partial charge in [-0.25, -0.2) is 18.9 Å². The number of nitrogens with one attached hydrogen (secondary N) is 1. The third-order valence-electron chi connectivity index (χ3n) is 5.05. The Labute approximate surface area is 147 Å². The summed E-state index contributed by atoms with van der Waals surface area (Å²) in [4.78, 5) is 32.0. The zero-order valence-electron chi connectivity index (χ0n) is 14.2. The molecule has 1 amide bonds. The highest BCUT2D eigenvalue weighted by Gasteiger charge is 2.31. The molecule has 3 aromatic rings. The second-order valence-electron chi connectivity index (χ2n) is 7.15. The fourth-order valence-corrected chi connectivity index (χ4v) is 4.27. The summed E-state index contributed by atoms with van der Waals surface area (Å²) in [5, 5.41) is 8.38. The van der Waals surface area contributed by atoms with Gasteiger partial charge in [-0.15, -0.1) is 16.4 Å². The zero-order chi connectivity index (χ0) is 17.3. The number of thiophene rings is 1. The van der Waals surface area contributed by atoms with Gasteiger partial charge < -0.3 is 5.32 Å². The molecular weight excluding hydrogens is 338 g/mol. The lowest BCUT2D eigenvalue weighted by molar-refractivity contribution is -0.122. The minimum Gasteiger partial charge on any atom is -0.352 e. The van der Waals surface area contributed by atoms with Gasteiger partial charge in [0.1, 0.15) is 17.2 Å². The van der Waals surface area contributed by atoms with Gasteiger partial charge in [-0.05, 0) is 45.1 Å². The lowest BCUT2D eigenvalue weighted by atomic mass is 10.2. The summed E-state index contributed by atoms with van der Waals surface area (Å²) in [5.74, 6) is 0.969. The average Bonchev–Trinajstić information content (AvgIpc) is 3.47. The molecule has 2 fully saturated rings. The van der Waals surface area contributed by atoms with Crippen molar-refractivity contribution in [1.29, 1.82) is 0 Å². The van der Waals surface area contributed by atoms with Crippen LogP contribution in [0.5, 0.6) is 0 Å². The predicted octanol–water partition coefficient (Wildman–Crippen LogP) is 1.88. The summed E-state index contributed by atoms with van der Waals surface area (Å²) in [6.45, 7) is 4.06. The van der Waals surface area contributed by atoms with Crippen LogP contribution >= 0.6 is 11.3 Å². The van der Waals surface area contributed by atoms with Crippen LogP contribution in [-0.4, -0.2) is 31.1 Å². The maximum absolute atomic E-state index is 12.9. The van der Waals surface area contributed by atoms with Crippen LogP contribution < -0.4 is 11.0 Å². The maximum atomic E-state index is 12.9. The van der Waals surface area contributed by atoms with E-state index < -0.39 is 0 Å². The van der Waals surface area contributed by atoms with E-state index in [1.54, 1.807) is 15.7 Å². The Kier molecular flexibility index (Phi) is 3.10. The number of aryl methyl sites for hydroxylation is 2. The first-order valence-corrected chi connectivity index (χ1v) is 9.53. The van der Waals surface area contributed by atoms with E-state index in [0.717, 1.165) is 47.3 Å². The van der Waals surface area contributed by atoms with Gasteiger partial charge in [0.05, 0.1) is 5.39 Å². The van der Waals surface area contributed by atoms with E-state index >= 15 is 0 Å². The minimum absolute atomic E-state index is 0.0369. The number of carbonyl (C=O) groups excluding carboxylic acids is 1. The molecule has 3 aromatic heterocycles. The standard InChI is InChI=1S/C17H19N5O2S/c1-8-9(2)25-16-13(8)15-20-21(7-12(23)18-11-5-6-11)17(24)22(15)14(19-16)10-3-4-10/h10-11H,3-7H2,1-2H3,(H,18,23). The van der Waals surface area contributed by atoms with Gasteiger partial charge in [-0.3, -0.25) is 4.79 Å². The van der Waals surface area contributed by atoms with E-state index in [1.807, 2.05) is 6.92 Å². The van der Waals surface area contributed by atoms with Crippen molar-refractivity contribution >= 4 is 33.1 Å². The Morgan fingerprint density at radius 3 is 2.72 bits per heavy atom. The lowest BCUT2D eigenvalue weighted by Gasteiger charge is -2.02. The van der Waals surface area contributed by atoms with Crippen LogP contribution in [0.2, 0.25) is 0 Å². The quantitative estimate of drug-likeness (QED) is 0.773. The van der Waals surface area contributed by atoms with Crippen molar-refractivity contribution in [2.45, 2.75) is 58.0 Å². The normalized spacial score (nSPS) is 17.5. The summed E-state index contributed by atoms with van der Waals surface area (Å²) in [6, 6.07) is 0.275. The minimum atomic E-state index is -0.263. The highest BCUT2D eigenvalue weighted by Crippen LogP contribution is 2.41. The molecule has 0 aromatic carbocycles. The fourth-order valence-electron chi connectivity index (χ4n) is 3.24. The highest BCUT2D eigenvalue weighted by molar-refractivity contribution is 7.18. The van der Waals surface area contributed by atoms with E-state index in [1.165, 1.54) is 9.56 Å². The summed E-state index contributed by atoms with van der Waals surface area (Å²) >= 11 is 1.64. The first-order chi connectivity index (χ1) is 12.0. The maximum Gasteiger partial charge on any atom is 0.352 e. The summed E-state index contributed by atoms with van der Waals surface area (Å²) < 4.78 is 2.91. The average molecular weight is 357 g/mol. The number of rotatable bonds is 4. The van der Waals surface area contributed by atoms with E-state index in [0.29, 0.717) is 11.6 Å². The van der Waals surface area contributed by atoms with Crippen molar-refractivity contribution < 1.29 is 4.79 Å². The van der Waals surface area contributed by atoms with Crippen LogP contribution in [-0.2, 0) is 11.3 Å². The smallest absolute Gasteiger partial charge is 0.352 e. The molecule has 25 heavy (non-hydrogen) atoms. The number of fused-ring (bicyclic) bond motifs is 3. The monoisotopic (exact) mass is 357 g/mol. The zero-order valence-corrected chi connectivity index (χ0v) is 15.0. The predicted molar refractivity (Wildman–Crippen MR) is 95.2 cm³/mol. The molecule has 0 radical (unpaired) electrons. The number of nitrogens with zero attached hydrogens (tertiary/aromatic N) is 4. The van der Waals surface area contributed by atoms with Crippen molar-refractivity contribution in [2.75, 3.05) is 0 Å². The van der Waals surface area contributed by atoms with Crippen LogP contribution in [0.25, 0.3) is 15.9 Å². The number of aromatic nitrogens is 4. The first kappa shape index (κ1) is 15.1. The Morgan fingerprint density at radius 1 is 1.28 bits per heavy atom. The van der Waals surface area contributed by atoms with Crippen molar-refractivity contribution in [3.63, 3.8) is 0 Å². The lowest BCUT2D eigenvalue weighted by Crippen LogP contribution is -2.34. The van der Waals surface area contributed by atoms with Crippen molar-refractivity contribution in [1.82, 2.24) is 24.5 Å². The van der Waals surface area contributed by atoms with E-state index in [-0.39, 0.29) is 24.2 Å². The van der Waals surface area contributed by atoms with Crippen molar-refractivity contribution in [2.24, 2.45) is 0 Å². The first-order valence-electron chi connectivity index (χ1n) is 8.71. The van der Waals surface area contributed by atoms with E-state index in [2.05, 4.69) is 17.3 Å². The third kappa shape index (κ3) is 2.38. The van der Waals surface area contributed by atoms with E-state index in [9.17, 15) is 9.59 Å². The second-order valence-corrected chi connectivity index (χ2v) is 8.35. The summed E-state index contributed by atoms with van der Waals surface area (Å²) in [6.07, 6.45) is 4.15. The van der Waals surface area contributed by atoms with Crippen LogP contribution in [0.1, 0.15) is 47.9 Å². The number of hydrogen-bond acceptors (Lipinski definition) is 5. The fraction of sp³-hybridized carbons (Fsp3) is 0.529. The number of hydrogen-bond donors (Lipinski definition) is 1. The Balaban J connectivity index is 1.71. The topological polar surface area (TPSA) is 81.3 Å².